The van der Waals surface area contributed by atoms with Gasteiger partial charge in [-0.3, -0.25) is 9.59 Å². The van der Waals surface area contributed by atoms with Crippen LogP contribution < -0.4 is 5.32 Å². The predicted octanol–water partition coefficient (Wildman–Crippen LogP) is 3.81. The van der Waals surface area contributed by atoms with E-state index in [0.717, 1.165) is 24.5 Å². The molecule has 2 aromatic carbocycles. The zero-order chi connectivity index (χ0) is 21.0. The Labute approximate surface area is 165 Å². The van der Waals surface area contributed by atoms with E-state index in [1.54, 1.807) is 29.2 Å². The van der Waals surface area contributed by atoms with Gasteiger partial charge in [0.15, 0.2) is 0 Å². The third-order valence-corrected chi connectivity index (χ3v) is 4.84. The Morgan fingerprint density at radius 2 is 1.69 bits per heavy atom. The molecule has 0 spiro atoms. The lowest BCUT2D eigenvalue weighted by molar-refractivity contribution is -0.140. The Bertz CT molecular complexity index is 878. The normalized spacial score (nSPS) is 15.2. The molecule has 0 aliphatic carbocycles. The zero-order valence-electron chi connectivity index (χ0n) is 15.5. The fraction of sp³-hybridized carbons (Fsp3) is 0.333. The van der Waals surface area contributed by atoms with Crippen LogP contribution in [0.2, 0.25) is 0 Å². The van der Waals surface area contributed by atoms with Crippen LogP contribution in [0.4, 0.5) is 17.6 Å². The van der Waals surface area contributed by atoms with Crippen molar-refractivity contribution in [3.8, 4) is 0 Å². The maximum atomic E-state index is 13.5. The first kappa shape index (κ1) is 20.8. The first-order valence-electron chi connectivity index (χ1n) is 9.26. The van der Waals surface area contributed by atoms with Crippen molar-refractivity contribution in [2.45, 2.75) is 31.5 Å². The average Bonchev–Trinajstić information content (AvgIpc) is 3.22. The highest BCUT2D eigenvalue weighted by Crippen LogP contribution is 2.32. The summed E-state index contributed by atoms with van der Waals surface area (Å²) in [5.74, 6) is -2.59. The molecular formula is C21H20F4N2O2. The minimum atomic E-state index is -4.92. The summed E-state index contributed by atoms with van der Waals surface area (Å²) in [6.07, 6.45) is -2.99. The molecule has 8 heteroatoms. The van der Waals surface area contributed by atoms with E-state index in [0.29, 0.717) is 25.2 Å². The van der Waals surface area contributed by atoms with Gasteiger partial charge in [-0.2, -0.15) is 13.2 Å². The van der Waals surface area contributed by atoms with Crippen LogP contribution >= 0.6 is 0 Å². The highest BCUT2D eigenvalue weighted by atomic mass is 19.4. The monoisotopic (exact) mass is 408 g/mol. The van der Waals surface area contributed by atoms with Crippen LogP contribution in [0.3, 0.4) is 0 Å². The van der Waals surface area contributed by atoms with Crippen molar-refractivity contribution < 1.29 is 27.2 Å². The number of carbonyl (C=O) groups is 2. The van der Waals surface area contributed by atoms with Crippen molar-refractivity contribution in [2.75, 3.05) is 13.1 Å². The first-order chi connectivity index (χ1) is 13.8. The fourth-order valence-electron chi connectivity index (χ4n) is 3.33. The minimum Gasteiger partial charge on any atom is -0.341 e. The highest BCUT2D eigenvalue weighted by Gasteiger charge is 2.35. The van der Waals surface area contributed by atoms with Crippen molar-refractivity contribution in [1.82, 2.24) is 10.2 Å². The second kappa shape index (κ2) is 8.63. The van der Waals surface area contributed by atoms with Gasteiger partial charge in [-0.1, -0.05) is 30.3 Å². The smallest absolute Gasteiger partial charge is 0.341 e. The van der Waals surface area contributed by atoms with E-state index < -0.39 is 29.5 Å². The Balaban J connectivity index is 1.83. The first-order valence-corrected chi connectivity index (χ1v) is 9.26. The SMILES string of the molecule is O=C(NC(Cc1ccccc1)C(=O)N1CCCC1)c1ccc(F)c(C(F)(F)F)c1. The van der Waals surface area contributed by atoms with Gasteiger partial charge in [0.1, 0.15) is 11.9 Å². The van der Waals surface area contributed by atoms with Gasteiger partial charge in [0.25, 0.3) is 5.91 Å². The van der Waals surface area contributed by atoms with E-state index in [1.807, 2.05) is 6.07 Å². The van der Waals surface area contributed by atoms with Crippen molar-refractivity contribution >= 4 is 11.8 Å². The maximum absolute atomic E-state index is 13.5. The molecule has 0 aromatic heterocycles. The Kier molecular flexibility index (Phi) is 6.20. The lowest BCUT2D eigenvalue weighted by atomic mass is 10.0. The molecule has 0 radical (unpaired) electrons. The molecule has 1 heterocycles. The molecule has 1 aliphatic rings. The van der Waals surface area contributed by atoms with Gasteiger partial charge in [0.05, 0.1) is 5.56 Å². The predicted molar refractivity (Wildman–Crippen MR) is 98.6 cm³/mol. The molecule has 29 heavy (non-hydrogen) atoms. The average molecular weight is 408 g/mol. The molecule has 0 bridgehead atoms. The van der Waals surface area contributed by atoms with E-state index >= 15 is 0 Å². The number of halogens is 4. The van der Waals surface area contributed by atoms with E-state index in [9.17, 15) is 27.2 Å². The van der Waals surface area contributed by atoms with Crippen molar-refractivity contribution in [3.05, 3.63) is 71.0 Å². The third-order valence-electron chi connectivity index (χ3n) is 4.84. The molecule has 3 rings (SSSR count). The topological polar surface area (TPSA) is 49.4 Å². The molecule has 2 amide bonds. The molecule has 154 valence electrons. The molecule has 0 saturated carbocycles. The van der Waals surface area contributed by atoms with Crippen molar-refractivity contribution in [1.29, 1.82) is 0 Å². The Morgan fingerprint density at radius 3 is 2.31 bits per heavy atom. The number of amides is 2. The fourth-order valence-corrected chi connectivity index (χ4v) is 3.33. The van der Waals surface area contributed by atoms with Crippen LogP contribution in [0, 0.1) is 5.82 Å². The second-order valence-corrected chi connectivity index (χ2v) is 6.94. The van der Waals surface area contributed by atoms with E-state index in [1.165, 1.54) is 0 Å². The number of nitrogens with one attached hydrogen (secondary N) is 1. The molecule has 1 saturated heterocycles. The van der Waals surface area contributed by atoms with Gasteiger partial charge in [-0.05, 0) is 36.6 Å². The molecule has 1 unspecified atom stereocenters. The summed E-state index contributed by atoms with van der Waals surface area (Å²) >= 11 is 0. The van der Waals surface area contributed by atoms with Crippen LogP contribution in [0.15, 0.2) is 48.5 Å². The van der Waals surface area contributed by atoms with Crippen LogP contribution in [-0.4, -0.2) is 35.8 Å². The molecule has 1 fully saturated rings. The van der Waals surface area contributed by atoms with Crippen LogP contribution in [-0.2, 0) is 17.4 Å². The maximum Gasteiger partial charge on any atom is 0.419 e. The summed E-state index contributed by atoms with van der Waals surface area (Å²) in [6.45, 7) is 1.16. The molecule has 1 aliphatic heterocycles. The lowest BCUT2D eigenvalue weighted by Gasteiger charge is -2.24. The lowest BCUT2D eigenvalue weighted by Crippen LogP contribution is -2.49. The molecule has 2 aromatic rings. The van der Waals surface area contributed by atoms with Gasteiger partial charge < -0.3 is 10.2 Å². The zero-order valence-corrected chi connectivity index (χ0v) is 15.5. The Morgan fingerprint density at radius 1 is 1.03 bits per heavy atom. The van der Waals surface area contributed by atoms with Gasteiger partial charge in [0, 0.05) is 25.1 Å². The largest absolute Gasteiger partial charge is 0.419 e. The number of nitrogens with zero attached hydrogens (tertiary/aromatic N) is 1. The number of hydrogen-bond donors (Lipinski definition) is 1. The van der Waals surface area contributed by atoms with Crippen LogP contribution in [0.1, 0.15) is 34.3 Å². The summed E-state index contributed by atoms with van der Waals surface area (Å²) < 4.78 is 52.3. The number of rotatable bonds is 5. The van der Waals surface area contributed by atoms with Gasteiger partial charge in [-0.25, -0.2) is 4.39 Å². The number of alkyl halides is 3. The summed E-state index contributed by atoms with van der Waals surface area (Å²) in [5.41, 5.74) is -1.07. The Hall–Kier alpha value is -2.90. The van der Waals surface area contributed by atoms with Crippen LogP contribution in [0.25, 0.3) is 0 Å². The standard InChI is InChI=1S/C21H20F4N2O2/c22-17-9-8-15(13-16(17)21(23,24)25)19(28)26-18(12-14-6-2-1-3-7-14)20(29)27-10-4-5-11-27/h1-3,6-9,13,18H,4-5,10-12H2,(H,26,28). The molecule has 1 atom stereocenters. The number of likely N-dealkylation sites (tertiary alicyclic amines) is 1. The molecule has 4 nitrogen and oxygen atoms in total. The minimum absolute atomic E-state index is 0.204. The summed E-state index contributed by atoms with van der Waals surface area (Å²) in [4.78, 5) is 27.1. The molecule has 1 N–H and O–H groups in total. The van der Waals surface area contributed by atoms with E-state index in [4.69, 9.17) is 0 Å². The number of benzene rings is 2. The van der Waals surface area contributed by atoms with Gasteiger partial charge in [0.2, 0.25) is 5.91 Å². The van der Waals surface area contributed by atoms with Crippen LogP contribution in [0.5, 0.6) is 0 Å². The molecular weight excluding hydrogens is 388 g/mol. The second-order valence-electron chi connectivity index (χ2n) is 6.94. The third kappa shape index (κ3) is 5.13. The van der Waals surface area contributed by atoms with Crippen molar-refractivity contribution in [2.24, 2.45) is 0 Å². The summed E-state index contributed by atoms with van der Waals surface area (Å²) in [5, 5.41) is 2.54. The van der Waals surface area contributed by atoms with Gasteiger partial charge in [-0.15, -0.1) is 0 Å². The van der Waals surface area contributed by atoms with E-state index in [-0.39, 0.29) is 17.9 Å². The van der Waals surface area contributed by atoms with E-state index in [2.05, 4.69) is 5.32 Å². The summed E-state index contributed by atoms with van der Waals surface area (Å²) in [6, 6.07) is 10.1. The van der Waals surface area contributed by atoms with Crippen molar-refractivity contribution in [3.63, 3.8) is 0 Å². The summed E-state index contributed by atoms with van der Waals surface area (Å²) in [7, 11) is 0. The number of carbonyl (C=O) groups excluding carboxylic acids is 2. The number of hydrogen-bond acceptors (Lipinski definition) is 2. The van der Waals surface area contributed by atoms with Gasteiger partial charge >= 0.3 is 6.18 Å². The highest BCUT2D eigenvalue weighted by molar-refractivity contribution is 5.97. The quantitative estimate of drug-likeness (QED) is 0.765.